The minimum Gasteiger partial charge on any atom is -0.497 e. The van der Waals surface area contributed by atoms with Crippen LogP contribution in [0.25, 0.3) is 0 Å². The average Bonchev–Trinajstić information content (AvgIpc) is 3.16. The van der Waals surface area contributed by atoms with Crippen LogP contribution in [-0.2, 0) is 14.3 Å². The quantitative estimate of drug-likeness (QED) is 0.490. The Morgan fingerprint density at radius 3 is 2.30 bits per heavy atom. The lowest BCUT2D eigenvalue weighted by molar-refractivity contribution is -0.151. The fourth-order valence-corrected chi connectivity index (χ4v) is 3.32. The third-order valence-electron chi connectivity index (χ3n) is 4.95. The molecule has 0 N–H and O–H groups in total. The van der Waals surface area contributed by atoms with Gasteiger partial charge >= 0.3 is 5.97 Å². The number of ether oxygens (including phenoxy) is 3. The maximum Gasteiger partial charge on any atom is 0.312 e. The molecule has 7 heteroatoms. The molecule has 1 fully saturated rings. The Morgan fingerprint density at radius 2 is 1.70 bits per heavy atom. The first-order valence-electron chi connectivity index (χ1n) is 9.85. The van der Waals surface area contributed by atoms with E-state index in [1.165, 1.54) is 6.92 Å². The first kappa shape index (κ1) is 21.4. The van der Waals surface area contributed by atoms with Crippen LogP contribution in [0.2, 0.25) is 0 Å². The molecule has 2 aromatic carbocycles. The van der Waals surface area contributed by atoms with E-state index in [4.69, 9.17) is 14.2 Å². The number of hydrogen-bond donors (Lipinski definition) is 0. The van der Waals surface area contributed by atoms with Crippen molar-refractivity contribution in [2.24, 2.45) is 5.92 Å². The summed E-state index contributed by atoms with van der Waals surface area (Å²) in [6.45, 7) is 4.21. The highest BCUT2D eigenvalue weighted by atomic mass is 16.5. The van der Waals surface area contributed by atoms with Crippen molar-refractivity contribution < 1.29 is 28.6 Å². The van der Waals surface area contributed by atoms with E-state index in [1.54, 1.807) is 60.5 Å². The molecule has 0 saturated carbocycles. The largest absolute Gasteiger partial charge is 0.497 e. The molecule has 3 rings (SSSR count). The Balaban J connectivity index is 1.60. The number of esters is 1. The third kappa shape index (κ3) is 4.79. The van der Waals surface area contributed by atoms with Crippen LogP contribution in [0.4, 0.5) is 5.69 Å². The van der Waals surface area contributed by atoms with Gasteiger partial charge in [-0.25, -0.2) is 0 Å². The van der Waals surface area contributed by atoms with E-state index in [2.05, 4.69) is 0 Å². The van der Waals surface area contributed by atoms with Crippen LogP contribution in [0.5, 0.6) is 11.5 Å². The zero-order valence-corrected chi connectivity index (χ0v) is 17.3. The van der Waals surface area contributed by atoms with Crippen molar-refractivity contribution in [1.82, 2.24) is 0 Å². The van der Waals surface area contributed by atoms with Gasteiger partial charge in [0.05, 0.1) is 19.6 Å². The number of ketones is 1. The predicted octanol–water partition coefficient (Wildman–Crippen LogP) is 3.26. The molecule has 0 aliphatic carbocycles. The Morgan fingerprint density at radius 1 is 1.07 bits per heavy atom. The van der Waals surface area contributed by atoms with E-state index in [0.29, 0.717) is 23.6 Å². The molecule has 30 heavy (non-hydrogen) atoms. The summed E-state index contributed by atoms with van der Waals surface area (Å²) in [6, 6.07) is 13.7. The number of nitrogens with zero attached hydrogens (tertiary/aromatic N) is 1. The van der Waals surface area contributed by atoms with Gasteiger partial charge in [-0.3, -0.25) is 14.4 Å². The fraction of sp³-hybridized carbons (Fsp3) is 0.348. The Kier molecular flexibility index (Phi) is 6.72. The van der Waals surface area contributed by atoms with Crippen molar-refractivity contribution in [3.8, 4) is 11.5 Å². The van der Waals surface area contributed by atoms with E-state index in [1.807, 2.05) is 6.92 Å². The van der Waals surface area contributed by atoms with Crippen molar-refractivity contribution in [1.29, 1.82) is 0 Å². The minimum atomic E-state index is -0.944. The first-order valence-corrected chi connectivity index (χ1v) is 9.85. The highest BCUT2D eigenvalue weighted by Crippen LogP contribution is 2.28. The smallest absolute Gasteiger partial charge is 0.312 e. The highest BCUT2D eigenvalue weighted by Gasteiger charge is 2.37. The van der Waals surface area contributed by atoms with Gasteiger partial charge in [0.25, 0.3) is 0 Å². The molecular formula is C23H25NO6. The number of anilines is 1. The second-order valence-corrected chi connectivity index (χ2v) is 7.00. The molecule has 7 nitrogen and oxygen atoms in total. The number of Topliss-reactive ketones (excluding diaryl/α,β-unsaturated/α-hetero) is 1. The van der Waals surface area contributed by atoms with E-state index < -0.39 is 18.0 Å². The summed E-state index contributed by atoms with van der Waals surface area (Å²) < 4.78 is 15.9. The van der Waals surface area contributed by atoms with Crippen molar-refractivity contribution >= 4 is 23.3 Å². The topological polar surface area (TPSA) is 82.1 Å². The van der Waals surface area contributed by atoms with Crippen LogP contribution in [0.1, 0.15) is 30.6 Å². The monoisotopic (exact) mass is 411 g/mol. The lowest BCUT2D eigenvalue weighted by Gasteiger charge is -2.18. The van der Waals surface area contributed by atoms with Gasteiger partial charge in [-0.2, -0.15) is 0 Å². The number of amides is 1. The normalized spacial score (nSPS) is 16.8. The van der Waals surface area contributed by atoms with Gasteiger partial charge < -0.3 is 19.1 Å². The predicted molar refractivity (Wildman–Crippen MR) is 111 cm³/mol. The lowest BCUT2D eigenvalue weighted by Crippen LogP contribution is -2.30. The van der Waals surface area contributed by atoms with E-state index in [0.717, 1.165) is 5.75 Å². The fourth-order valence-electron chi connectivity index (χ4n) is 3.32. The summed E-state index contributed by atoms with van der Waals surface area (Å²) in [5.41, 5.74) is 1.12. The SMILES string of the molecule is CCOc1ccc(N2C[C@@H](C(=O)O[C@@H](C)C(=O)c3ccc(OC)cc3)CC2=O)cc1. The molecule has 0 unspecified atom stereocenters. The first-order chi connectivity index (χ1) is 14.4. The number of hydrogen-bond acceptors (Lipinski definition) is 6. The molecule has 0 spiro atoms. The average molecular weight is 411 g/mol. The van der Waals surface area contributed by atoms with Crippen molar-refractivity contribution in [2.75, 3.05) is 25.2 Å². The van der Waals surface area contributed by atoms with Crippen molar-refractivity contribution in [2.45, 2.75) is 26.4 Å². The maximum atomic E-state index is 12.6. The van der Waals surface area contributed by atoms with E-state index in [9.17, 15) is 14.4 Å². The van der Waals surface area contributed by atoms with Gasteiger partial charge in [0.2, 0.25) is 11.7 Å². The maximum absolute atomic E-state index is 12.6. The Bertz CT molecular complexity index is 906. The van der Waals surface area contributed by atoms with Gasteiger partial charge in [-0.05, 0) is 62.4 Å². The van der Waals surface area contributed by atoms with Crippen LogP contribution in [-0.4, -0.2) is 44.0 Å². The molecule has 158 valence electrons. The Labute approximate surface area is 175 Å². The van der Waals surface area contributed by atoms with Gasteiger partial charge in [0.1, 0.15) is 11.5 Å². The molecule has 1 aliphatic heterocycles. The third-order valence-corrected chi connectivity index (χ3v) is 4.95. The lowest BCUT2D eigenvalue weighted by atomic mass is 10.1. The molecule has 2 atom stereocenters. The molecule has 2 aromatic rings. The van der Waals surface area contributed by atoms with Gasteiger partial charge in [0, 0.05) is 24.2 Å². The van der Waals surface area contributed by atoms with Gasteiger partial charge in [-0.15, -0.1) is 0 Å². The number of rotatable bonds is 8. The molecule has 1 amide bonds. The molecule has 0 aromatic heterocycles. The zero-order chi connectivity index (χ0) is 21.7. The summed E-state index contributed by atoms with van der Waals surface area (Å²) in [6.07, 6.45) is -0.893. The van der Waals surface area contributed by atoms with Crippen molar-refractivity contribution in [3.05, 3.63) is 54.1 Å². The summed E-state index contributed by atoms with van der Waals surface area (Å²) in [4.78, 5) is 39.0. The van der Waals surface area contributed by atoms with E-state index >= 15 is 0 Å². The van der Waals surface area contributed by atoms with Crippen LogP contribution in [0.15, 0.2) is 48.5 Å². The molecule has 1 saturated heterocycles. The molecular weight excluding hydrogens is 386 g/mol. The second kappa shape index (κ2) is 9.43. The van der Waals surface area contributed by atoms with Crippen LogP contribution < -0.4 is 14.4 Å². The standard InChI is InChI=1S/C23H25NO6/c1-4-29-20-11-7-18(8-12-20)24-14-17(13-21(24)25)23(27)30-15(2)22(26)16-5-9-19(28-3)10-6-16/h5-12,15,17H,4,13-14H2,1-3H3/t15-,17-/m0/s1. The molecule has 0 radical (unpaired) electrons. The zero-order valence-electron chi connectivity index (χ0n) is 17.3. The Hall–Kier alpha value is -3.35. The van der Waals surface area contributed by atoms with Gasteiger partial charge in [-0.1, -0.05) is 0 Å². The minimum absolute atomic E-state index is 0.0511. The summed E-state index contributed by atoms with van der Waals surface area (Å²) in [5, 5.41) is 0. The molecule has 1 aliphatic rings. The molecule has 0 bridgehead atoms. The summed E-state index contributed by atoms with van der Waals surface area (Å²) in [7, 11) is 1.54. The van der Waals surface area contributed by atoms with Crippen molar-refractivity contribution in [3.63, 3.8) is 0 Å². The second-order valence-electron chi connectivity index (χ2n) is 7.00. The highest BCUT2D eigenvalue weighted by molar-refractivity contribution is 6.02. The van der Waals surface area contributed by atoms with Crippen LogP contribution in [0, 0.1) is 5.92 Å². The number of benzene rings is 2. The summed E-state index contributed by atoms with van der Waals surface area (Å²) in [5.74, 6) is -0.278. The summed E-state index contributed by atoms with van der Waals surface area (Å²) >= 11 is 0. The number of carbonyl (C=O) groups excluding carboxylic acids is 3. The van der Waals surface area contributed by atoms with Gasteiger partial charge in [0.15, 0.2) is 6.10 Å². The number of carbonyl (C=O) groups is 3. The van der Waals surface area contributed by atoms with E-state index in [-0.39, 0.29) is 24.7 Å². The van der Waals surface area contributed by atoms with Crippen LogP contribution in [0.3, 0.4) is 0 Å². The molecule has 1 heterocycles. The number of methoxy groups -OCH3 is 1. The van der Waals surface area contributed by atoms with Crippen LogP contribution >= 0.6 is 0 Å².